The number of hydrogen-bond donors (Lipinski definition) is 0. The van der Waals surface area contributed by atoms with E-state index in [0.29, 0.717) is 5.56 Å². The monoisotopic (exact) mass is 371 g/mol. The van der Waals surface area contributed by atoms with Gasteiger partial charge < -0.3 is 0 Å². The third kappa shape index (κ3) is 2.48. The van der Waals surface area contributed by atoms with Crippen molar-refractivity contribution in [3.8, 4) is 11.3 Å². The van der Waals surface area contributed by atoms with Gasteiger partial charge in [0, 0.05) is 25.1 Å². The number of thiophene rings is 1. The fourth-order valence-corrected chi connectivity index (χ4v) is 5.38. The van der Waals surface area contributed by atoms with E-state index in [4.69, 9.17) is 4.11 Å². The Morgan fingerprint density at radius 3 is 2.59 bits per heavy atom. The minimum absolute atomic E-state index is 0.413. The van der Waals surface area contributed by atoms with Crippen molar-refractivity contribution in [1.82, 2.24) is 0 Å². The molecule has 0 unspecified atom stereocenters. The summed E-state index contributed by atoms with van der Waals surface area (Å²) in [5, 5.41) is 4.20. The van der Waals surface area contributed by atoms with E-state index in [0.717, 1.165) is 36.8 Å². The maximum atomic E-state index is 8.20. The Morgan fingerprint density at radius 1 is 0.926 bits per heavy atom. The number of fused-ring (bicyclic) bond motifs is 4. The number of benzene rings is 3. The van der Waals surface area contributed by atoms with E-state index in [1.54, 1.807) is 17.5 Å². The Hall–Kier alpha value is -2.71. The molecule has 2 heterocycles. The first-order chi connectivity index (χ1) is 14.2. The molecule has 2 heteroatoms. The highest BCUT2D eigenvalue weighted by Crippen LogP contribution is 2.41. The Kier molecular flexibility index (Phi) is 2.94. The van der Waals surface area contributed by atoms with Crippen molar-refractivity contribution in [3.63, 3.8) is 0 Å². The van der Waals surface area contributed by atoms with Crippen LogP contribution in [0.3, 0.4) is 0 Å². The minimum Gasteiger partial charge on any atom is -0.200 e. The highest BCUT2D eigenvalue weighted by molar-refractivity contribution is 7.26. The summed E-state index contributed by atoms with van der Waals surface area (Å²) in [4.78, 5) is 0. The molecule has 0 fully saturated rings. The Morgan fingerprint density at radius 2 is 1.78 bits per heavy atom. The molecule has 5 rings (SSSR count). The molecule has 3 aromatic carbocycles. The zero-order chi connectivity index (χ0) is 21.2. The highest BCUT2D eigenvalue weighted by atomic mass is 32.1. The van der Waals surface area contributed by atoms with E-state index in [2.05, 4.69) is 56.3 Å². The molecule has 0 aliphatic heterocycles. The van der Waals surface area contributed by atoms with E-state index >= 15 is 0 Å². The molecule has 1 nitrogen and oxygen atoms in total. The standard InChI is InChI=1S/C25H22NS/c1-15-9-10-18-13-22-21(12-19(18)11-15)23-17(3)14-26(4)24(25(23)27-22)20-8-6-5-7-16(20)2/h5-14H,1-4H3/q+1/i3D3. The second-order valence-corrected chi connectivity index (χ2v) is 8.37. The van der Waals surface area contributed by atoms with Crippen LogP contribution in [0.1, 0.15) is 20.8 Å². The SMILES string of the molecule is [2H]C([2H])([2H])c1c[n+](C)c(-c2ccccc2C)c2sc3cc4ccc(C)cc4cc3c12. The van der Waals surface area contributed by atoms with Gasteiger partial charge in [0.15, 0.2) is 6.20 Å². The molecule has 5 aromatic rings. The van der Waals surface area contributed by atoms with Crippen molar-refractivity contribution < 1.29 is 8.68 Å². The molecule has 132 valence electrons. The number of aromatic nitrogens is 1. The molecule has 27 heavy (non-hydrogen) atoms. The third-order valence-electron chi connectivity index (χ3n) is 5.36. The van der Waals surface area contributed by atoms with Crippen LogP contribution in [0.4, 0.5) is 0 Å². The first-order valence-corrected chi connectivity index (χ1v) is 9.91. The molecule has 2 aromatic heterocycles. The number of aryl methyl sites for hydroxylation is 4. The molecule has 0 saturated heterocycles. The van der Waals surface area contributed by atoms with Crippen molar-refractivity contribution in [2.45, 2.75) is 20.7 Å². The van der Waals surface area contributed by atoms with Crippen LogP contribution in [0, 0.1) is 20.7 Å². The predicted molar refractivity (Wildman–Crippen MR) is 118 cm³/mol. The van der Waals surface area contributed by atoms with E-state index in [1.807, 2.05) is 23.7 Å². The average Bonchev–Trinajstić information content (AvgIpc) is 3.03. The molecule has 0 N–H and O–H groups in total. The van der Waals surface area contributed by atoms with Crippen molar-refractivity contribution >= 4 is 42.3 Å². The smallest absolute Gasteiger partial charge is 0.200 e. The lowest BCUT2D eigenvalue weighted by atomic mass is 10.00. The maximum absolute atomic E-state index is 8.20. The van der Waals surface area contributed by atoms with E-state index in [-0.39, 0.29) is 0 Å². The first kappa shape index (κ1) is 13.5. The van der Waals surface area contributed by atoms with Gasteiger partial charge in [-0.1, -0.05) is 42.0 Å². The number of hydrogen-bond acceptors (Lipinski definition) is 1. The summed E-state index contributed by atoms with van der Waals surface area (Å²) in [6.45, 7) is 2.00. The second-order valence-electron chi connectivity index (χ2n) is 7.32. The zero-order valence-corrected chi connectivity index (χ0v) is 16.4. The summed E-state index contributed by atoms with van der Waals surface area (Å²) >= 11 is 1.68. The quantitative estimate of drug-likeness (QED) is 0.291. The molecule has 0 spiro atoms. The lowest BCUT2D eigenvalue weighted by Gasteiger charge is -2.07. The Bertz CT molecular complexity index is 1460. The van der Waals surface area contributed by atoms with Gasteiger partial charge >= 0.3 is 0 Å². The van der Waals surface area contributed by atoms with Crippen LogP contribution >= 0.6 is 11.3 Å². The van der Waals surface area contributed by atoms with Crippen molar-refractivity contribution in [3.05, 3.63) is 77.5 Å². The molecule has 0 aliphatic rings. The van der Waals surface area contributed by atoms with Gasteiger partial charge in [-0.05, 0) is 55.2 Å². The summed E-state index contributed by atoms with van der Waals surface area (Å²) in [6, 6.07) is 19.1. The predicted octanol–water partition coefficient (Wildman–Crippen LogP) is 6.62. The van der Waals surface area contributed by atoms with Crippen LogP contribution in [-0.4, -0.2) is 0 Å². The van der Waals surface area contributed by atoms with Gasteiger partial charge in [-0.25, -0.2) is 0 Å². The summed E-state index contributed by atoms with van der Waals surface area (Å²) in [6.07, 6.45) is 1.80. The maximum Gasteiger partial charge on any atom is 0.230 e. The lowest BCUT2D eigenvalue weighted by Crippen LogP contribution is -2.31. The van der Waals surface area contributed by atoms with Crippen LogP contribution in [0.2, 0.25) is 0 Å². The lowest BCUT2D eigenvalue weighted by molar-refractivity contribution is -0.659. The molecule has 0 bridgehead atoms. The van der Waals surface area contributed by atoms with Crippen LogP contribution in [0.25, 0.3) is 42.2 Å². The average molecular weight is 372 g/mol. The summed E-state index contributed by atoms with van der Waals surface area (Å²) < 4.78 is 28.7. The molecule has 0 radical (unpaired) electrons. The highest BCUT2D eigenvalue weighted by Gasteiger charge is 2.22. The summed E-state index contributed by atoms with van der Waals surface area (Å²) in [5.41, 5.74) is 4.99. The van der Waals surface area contributed by atoms with E-state index in [1.165, 1.54) is 16.5 Å². The van der Waals surface area contributed by atoms with Gasteiger partial charge in [-0.3, -0.25) is 0 Å². The van der Waals surface area contributed by atoms with Gasteiger partial charge in [-0.2, -0.15) is 4.57 Å². The normalized spacial score (nSPS) is 13.8. The summed E-state index contributed by atoms with van der Waals surface area (Å²) in [7, 11) is 1.95. The van der Waals surface area contributed by atoms with Crippen LogP contribution in [0.15, 0.2) is 60.8 Å². The van der Waals surface area contributed by atoms with Crippen molar-refractivity contribution in [2.75, 3.05) is 0 Å². The first-order valence-electron chi connectivity index (χ1n) is 10.6. The Labute approximate surface area is 167 Å². The number of rotatable bonds is 1. The van der Waals surface area contributed by atoms with Crippen LogP contribution < -0.4 is 4.57 Å². The van der Waals surface area contributed by atoms with Gasteiger partial charge in [-0.15, -0.1) is 11.3 Å². The van der Waals surface area contributed by atoms with Crippen molar-refractivity contribution in [2.24, 2.45) is 7.05 Å². The molecular weight excluding hydrogens is 346 g/mol. The van der Waals surface area contributed by atoms with Gasteiger partial charge in [0.2, 0.25) is 5.69 Å². The third-order valence-corrected chi connectivity index (χ3v) is 6.52. The number of pyridine rings is 1. The second kappa shape index (κ2) is 5.90. The number of nitrogens with zero attached hydrogens (tertiary/aromatic N) is 1. The topological polar surface area (TPSA) is 3.88 Å². The van der Waals surface area contributed by atoms with Gasteiger partial charge in [0.05, 0.1) is 5.56 Å². The minimum atomic E-state index is -2.18. The molecule has 0 atom stereocenters. The van der Waals surface area contributed by atoms with Crippen LogP contribution in [0.5, 0.6) is 0 Å². The van der Waals surface area contributed by atoms with Crippen molar-refractivity contribution in [1.29, 1.82) is 0 Å². The molecule has 0 amide bonds. The van der Waals surface area contributed by atoms with Crippen LogP contribution in [-0.2, 0) is 7.05 Å². The molecule has 0 aliphatic carbocycles. The molecule has 0 saturated carbocycles. The van der Waals surface area contributed by atoms with E-state index < -0.39 is 6.85 Å². The molecular formula is C25H22NS+. The largest absolute Gasteiger partial charge is 0.230 e. The summed E-state index contributed by atoms with van der Waals surface area (Å²) in [5.74, 6) is 0. The fourth-order valence-electron chi connectivity index (χ4n) is 4.03. The fraction of sp³-hybridized carbons (Fsp3) is 0.160. The van der Waals surface area contributed by atoms with E-state index in [9.17, 15) is 0 Å². The zero-order valence-electron chi connectivity index (χ0n) is 18.6. The van der Waals surface area contributed by atoms with Gasteiger partial charge in [0.25, 0.3) is 0 Å². The van der Waals surface area contributed by atoms with Gasteiger partial charge in [0.1, 0.15) is 11.7 Å². The Balaban J connectivity index is 2.00.